The van der Waals surface area contributed by atoms with Gasteiger partial charge in [-0.05, 0) is 58.3 Å². The molecule has 0 atom stereocenters. The lowest BCUT2D eigenvalue weighted by Crippen LogP contribution is -2.35. The van der Waals surface area contributed by atoms with Crippen molar-refractivity contribution < 1.29 is 4.79 Å². The number of likely N-dealkylation sites (N-methyl/N-ethyl adjacent to an activating group) is 1. The van der Waals surface area contributed by atoms with E-state index in [4.69, 9.17) is 5.10 Å². The zero-order valence-corrected chi connectivity index (χ0v) is 15.2. The van der Waals surface area contributed by atoms with Crippen molar-refractivity contribution in [2.24, 2.45) is 0 Å². The second-order valence-electron chi connectivity index (χ2n) is 7.32. The van der Waals surface area contributed by atoms with Gasteiger partial charge in [0, 0.05) is 30.9 Å². The van der Waals surface area contributed by atoms with Crippen molar-refractivity contribution in [3.63, 3.8) is 0 Å². The number of hydrogen-bond acceptors (Lipinski definition) is 3. The average molecular weight is 338 g/mol. The van der Waals surface area contributed by atoms with Crippen molar-refractivity contribution in [3.8, 4) is 5.69 Å². The summed E-state index contributed by atoms with van der Waals surface area (Å²) >= 11 is 0. The maximum Gasteiger partial charge on any atom is 0.274 e. The third-order valence-corrected chi connectivity index (χ3v) is 5.42. The molecule has 2 aliphatic rings. The summed E-state index contributed by atoms with van der Waals surface area (Å²) in [6.07, 6.45) is 4.12. The Morgan fingerprint density at radius 1 is 1.00 bits per heavy atom. The van der Waals surface area contributed by atoms with Crippen molar-refractivity contribution in [1.29, 1.82) is 0 Å². The molecule has 0 radical (unpaired) electrons. The third-order valence-electron chi connectivity index (χ3n) is 5.42. The highest BCUT2D eigenvalue weighted by Gasteiger charge is 2.30. The van der Waals surface area contributed by atoms with Gasteiger partial charge in [0.2, 0.25) is 0 Å². The van der Waals surface area contributed by atoms with Gasteiger partial charge in [-0.1, -0.05) is 17.7 Å². The van der Waals surface area contributed by atoms with Crippen molar-refractivity contribution in [1.82, 2.24) is 19.6 Å². The number of carbonyl (C=O) groups excluding carboxylic acids is 1. The van der Waals surface area contributed by atoms with Crippen LogP contribution < -0.4 is 0 Å². The van der Waals surface area contributed by atoms with Crippen LogP contribution in [0.1, 0.15) is 40.2 Å². The molecule has 1 aliphatic carbocycles. The zero-order chi connectivity index (χ0) is 17.4. The Morgan fingerprint density at radius 3 is 2.60 bits per heavy atom. The maximum atomic E-state index is 13.1. The predicted molar refractivity (Wildman–Crippen MR) is 98.3 cm³/mol. The lowest BCUT2D eigenvalue weighted by Gasteiger charge is -2.19. The van der Waals surface area contributed by atoms with E-state index in [1.165, 1.54) is 16.8 Å². The fraction of sp³-hybridized carbons (Fsp3) is 0.500. The van der Waals surface area contributed by atoms with Crippen molar-refractivity contribution in [3.05, 3.63) is 46.8 Å². The van der Waals surface area contributed by atoms with Crippen molar-refractivity contribution >= 4 is 5.91 Å². The van der Waals surface area contributed by atoms with Crippen LogP contribution in [0.4, 0.5) is 0 Å². The quantitative estimate of drug-likeness (QED) is 0.845. The normalized spacial score (nSPS) is 18.2. The summed E-state index contributed by atoms with van der Waals surface area (Å²) in [6, 6.07) is 8.39. The molecule has 5 heteroatoms. The minimum Gasteiger partial charge on any atom is -0.336 e. The van der Waals surface area contributed by atoms with Crippen LogP contribution in [0, 0.1) is 6.92 Å². The van der Waals surface area contributed by atoms with E-state index in [2.05, 4.69) is 43.1 Å². The van der Waals surface area contributed by atoms with E-state index in [0.717, 1.165) is 57.5 Å². The molecule has 5 nitrogen and oxygen atoms in total. The lowest BCUT2D eigenvalue weighted by atomic mass is 10.1. The van der Waals surface area contributed by atoms with E-state index in [0.29, 0.717) is 5.69 Å². The van der Waals surface area contributed by atoms with Crippen molar-refractivity contribution in [2.45, 2.75) is 32.6 Å². The first-order chi connectivity index (χ1) is 12.1. The van der Waals surface area contributed by atoms with Gasteiger partial charge in [-0.15, -0.1) is 0 Å². The Hall–Kier alpha value is -2.14. The van der Waals surface area contributed by atoms with Crippen LogP contribution >= 0.6 is 0 Å². The van der Waals surface area contributed by atoms with Crippen LogP contribution in [-0.2, 0) is 12.8 Å². The van der Waals surface area contributed by atoms with Crippen LogP contribution in [0.3, 0.4) is 0 Å². The van der Waals surface area contributed by atoms with Crippen LogP contribution in [0.15, 0.2) is 24.3 Å². The molecule has 132 valence electrons. The number of hydrogen-bond donors (Lipinski definition) is 0. The molecule has 25 heavy (non-hydrogen) atoms. The summed E-state index contributed by atoms with van der Waals surface area (Å²) in [4.78, 5) is 17.4. The Bertz CT molecular complexity index is 778. The van der Waals surface area contributed by atoms with Gasteiger partial charge in [-0.3, -0.25) is 4.79 Å². The van der Waals surface area contributed by atoms with Gasteiger partial charge < -0.3 is 9.80 Å². The van der Waals surface area contributed by atoms with Gasteiger partial charge in [0.25, 0.3) is 5.91 Å². The molecule has 1 saturated heterocycles. The molecule has 2 heterocycles. The highest BCUT2D eigenvalue weighted by Crippen LogP contribution is 2.29. The van der Waals surface area contributed by atoms with E-state index < -0.39 is 0 Å². The number of benzene rings is 1. The van der Waals surface area contributed by atoms with E-state index in [-0.39, 0.29) is 5.91 Å². The third kappa shape index (κ3) is 3.09. The number of aryl methyl sites for hydroxylation is 1. The Labute approximate surface area is 149 Å². The first kappa shape index (κ1) is 16.3. The Morgan fingerprint density at radius 2 is 1.80 bits per heavy atom. The molecule has 0 N–H and O–H groups in total. The van der Waals surface area contributed by atoms with Gasteiger partial charge in [-0.2, -0.15) is 5.10 Å². The van der Waals surface area contributed by atoms with Gasteiger partial charge >= 0.3 is 0 Å². The minimum atomic E-state index is 0.110. The van der Waals surface area contributed by atoms with Crippen LogP contribution in [0.5, 0.6) is 0 Å². The fourth-order valence-electron chi connectivity index (χ4n) is 3.91. The highest BCUT2D eigenvalue weighted by atomic mass is 16.2. The molecule has 4 rings (SSSR count). The summed E-state index contributed by atoms with van der Waals surface area (Å²) in [5.41, 5.74) is 5.36. The molecule has 1 aromatic heterocycles. The van der Waals surface area contributed by atoms with E-state index in [9.17, 15) is 4.79 Å². The number of nitrogens with zero attached hydrogens (tertiary/aromatic N) is 4. The number of carbonyl (C=O) groups is 1. The maximum absolute atomic E-state index is 13.1. The molecule has 1 fully saturated rings. The first-order valence-corrected chi connectivity index (χ1v) is 9.29. The van der Waals surface area contributed by atoms with Gasteiger partial charge in [-0.25, -0.2) is 4.68 Å². The number of fused-ring (bicyclic) bond motifs is 1. The standard InChI is InChI=1S/C20H26N4O/c1-15-7-9-16(10-8-15)24-18-6-3-5-17(18)19(21-24)20(25)23-12-4-11-22(2)13-14-23/h7-10H,3-6,11-14H2,1-2H3. The summed E-state index contributed by atoms with van der Waals surface area (Å²) in [5.74, 6) is 0.110. The second-order valence-corrected chi connectivity index (χ2v) is 7.32. The molecule has 0 saturated carbocycles. The highest BCUT2D eigenvalue weighted by molar-refractivity contribution is 5.94. The Kier molecular flexibility index (Phi) is 4.34. The van der Waals surface area contributed by atoms with Crippen LogP contribution in [0.2, 0.25) is 0 Å². The molecule has 1 aliphatic heterocycles. The largest absolute Gasteiger partial charge is 0.336 e. The summed E-state index contributed by atoms with van der Waals surface area (Å²) < 4.78 is 2.00. The molecular formula is C20H26N4O. The molecule has 0 unspecified atom stereocenters. The van der Waals surface area contributed by atoms with Gasteiger partial charge in [0.05, 0.1) is 5.69 Å². The molecule has 1 aromatic carbocycles. The summed E-state index contributed by atoms with van der Waals surface area (Å²) in [6.45, 7) is 5.70. The minimum absolute atomic E-state index is 0.110. The SMILES string of the molecule is Cc1ccc(-n2nc(C(=O)N3CCCN(C)CC3)c3c2CCC3)cc1. The molecule has 2 aromatic rings. The topological polar surface area (TPSA) is 41.4 Å². The number of aromatic nitrogens is 2. The van der Waals surface area contributed by atoms with E-state index in [1.54, 1.807) is 0 Å². The molecular weight excluding hydrogens is 312 g/mol. The molecule has 0 spiro atoms. The molecule has 1 amide bonds. The van der Waals surface area contributed by atoms with E-state index >= 15 is 0 Å². The average Bonchev–Trinajstić information content (AvgIpc) is 3.14. The monoisotopic (exact) mass is 338 g/mol. The first-order valence-electron chi connectivity index (χ1n) is 9.29. The second kappa shape index (κ2) is 6.64. The van der Waals surface area contributed by atoms with Gasteiger partial charge in [0.15, 0.2) is 5.69 Å². The van der Waals surface area contributed by atoms with Crippen LogP contribution in [0.25, 0.3) is 5.69 Å². The zero-order valence-electron chi connectivity index (χ0n) is 15.2. The number of rotatable bonds is 2. The smallest absolute Gasteiger partial charge is 0.274 e. The van der Waals surface area contributed by atoms with E-state index in [1.807, 2.05) is 9.58 Å². The van der Waals surface area contributed by atoms with Gasteiger partial charge in [0.1, 0.15) is 0 Å². The Balaban J connectivity index is 1.67. The lowest BCUT2D eigenvalue weighted by molar-refractivity contribution is 0.0755. The summed E-state index contributed by atoms with van der Waals surface area (Å²) in [7, 11) is 2.12. The summed E-state index contributed by atoms with van der Waals surface area (Å²) in [5, 5.41) is 4.77. The van der Waals surface area contributed by atoms with Crippen molar-refractivity contribution in [2.75, 3.05) is 33.2 Å². The predicted octanol–water partition coefficient (Wildman–Crippen LogP) is 2.45. The fourth-order valence-corrected chi connectivity index (χ4v) is 3.91. The van der Waals surface area contributed by atoms with Crippen LogP contribution in [-0.4, -0.2) is 58.7 Å². The number of amides is 1. The molecule has 0 bridgehead atoms.